The molecule has 3 heteroatoms. The second kappa shape index (κ2) is 5.85. The maximum Gasteiger partial charge on any atom is 0.328 e. The monoisotopic (exact) mass is 282 g/mol. The molecule has 1 rings (SSSR count). The third-order valence-corrected chi connectivity index (χ3v) is 2.90. The molecule has 0 fully saturated rings. The summed E-state index contributed by atoms with van der Waals surface area (Å²) in [5, 5.41) is 8.77. The van der Waals surface area contributed by atoms with Gasteiger partial charge in [-0.1, -0.05) is 47.5 Å². The van der Waals surface area contributed by atoms with Gasteiger partial charge in [-0.2, -0.15) is 0 Å². The van der Waals surface area contributed by atoms with E-state index in [-0.39, 0.29) is 5.92 Å². The van der Waals surface area contributed by atoms with Gasteiger partial charge in [0.05, 0.1) is 0 Å². The molecule has 0 heterocycles. The number of benzene rings is 1. The van der Waals surface area contributed by atoms with Crippen molar-refractivity contribution in [2.75, 3.05) is 0 Å². The molecule has 86 valence electrons. The van der Waals surface area contributed by atoms with Gasteiger partial charge in [0.2, 0.25) is 0 Å². The number of rotatable bonds is 4. The van der Waals surface area contributed by atoms with Crippen LogP contribution in [0.1, 0.15) is 19.4 Å². The summed E-state index contributed by atoms with van der Waals surface area (Å²) < 4.78 is 1.03. The van der Waals surface area contributed by atoms with Gasteiger partial charge in [-0.3, -0.25) is 0 Å². The Bertz CT molecular complexity index is 391. The van der Waals surface area contributed by atoms with E-state index in [2.05, 4.69) is 15.9 Å². The number of hydrogen-bond acceptors (Lipinski definition) is 1. The molecule has 2 nitrogen and oxygen atoms in total. The summed E-state index contributed by atoms with van der Waals surface area (Å²) in [6, 6.07) is 7.94. The molecule has 16 heavy (non-hydrogen) atoms. The van der Waals surface area contributed by atoms with E-state index in [1.807, 2.05) is 38.1 Å². The van der Waals surface area contributed by atoms with Crippen LogP contribution in [0.3, 0.4) is 0 Å². The van der Waals surface area contributed by atoms with Crippen LogP contribution in [-0.4, -0.2) is 11.1 Å². The van der Waals surface area contributed by atoms with Crippen LogP contribution < -0.4 is 0 Å². The minimum Gasteiger partial charge on any atom is -0.478 e. The lowest BCUT2D eigenvalue weighted by molar-refractivity contribution is -0.131. The Balaban J connectivity index is 2.84. The highest BCUT2D eigenvalue weighted by Gasteiger charge is 2.06. The highest BCUT2D eigenvalue weighted by atomic mass is 79.9. The van der Waals surface area contributed by atoms with Gasteiger partial charge in [0.25, 0.3) is 0 Å². The largest absolute Gasteiger partial charge is 0.478 e. The second-order valence-corrected chi connectivity index (χ2v) is 4.93. The Labute approximate surface area is 104 Å². The fraction of sp³-hybridized carbons (Fsp3) is 0.308. The quantitative estimate of drug-likeness (QED) is 0.856. The highest BCUT2D eigenvalue weighted by Crippen LogP contribution is 2.18. The van der Waals surface area contributed by atoms with Crippen LogP contribution in [0, 0.1) is 5.92 Å². The van der Waals surface area contributed by atoms with Crippen LogP contribution in [0.5, 0.6) is 0 Å². The van der Waals surface area contributed by atoms with Gasteiger partial charge < -0.3 is 5.11 Å². The molecular weight excluding hydrogens is 268 g/mol. The molecule has 0 aromatic heterocycles. The Kier molecular flexibility index (Phi) is 4.74. The van der Waals surface area contributed by atoms with E-state index in [4.69, 9.17) is 5.11 Å². The first kappa shape index (κ1) is 13.0. The average Bonchev–Trinajstić information content (AvgIpc) is 2.19. The van der Waals surface area contributed by atoms with E-state index < -0.39 is 5.97 Å². The van der Waals surface area contributed by atoms with E-state index in [0.29, 0.717) is 6.42 Å². The molecule has 1 aromatic rings. The maximum absolute atomic E-state index is 10.7. The molecule has 0 saturated carbocycles. The minimum atomic E-state index is -0.874. The summed E-state index contributed by atoms with van der Waals surface area (Å²) >= 11 is 3.37. The predicted molar refractivity (Wildman–Crippen MR) is 68.4 cm³/mol. The van der Waals surface area contributed by atoms with E-state index in [1.165, 1.54) is 6.08 Å². The van der Waals surface area contributed by atoms with Crippen molar-refractivity contribution in [3.8, 4) is 0 Å². The fourth-order valence-corrected chi connectivity index (χ4v) is 1.68. The Hall–Kier alpha value is -1.09. The number of carbonyl (C=O) groups is 1. The van der Waals surface area contributed by atoms with Crippen LogP contribution in [0.25, 0.3) is 0 Å². The summed E-state index contributed by atoms with van der Waals surface area (Å²) in [6.45, 7) is 4.02. The Morgan fingerprint density at radius 3 is 2.38 bits per heavy atom. The smallest absolute Gasteiger partial charge is 0.328 e. The minimum absolute atomic E-state index is 0.250. The summed E-state index contributed by atoms with van der Waals surface area (Å²) in [6.07, 6.45) is 2.00. The highest BCUT2D eigenvalue weighted by molar-refractivity contribution is 9.10. The molecule has 0 bridgehead atoms. The maximum atomic E-state index is 10.7. The first-order valence-electron chi connectivity index (χ1n) is 5.17. The van der Waals surface area contributed by atoms with Gasteiger partial charge >= 0.3 is 5.97 Å². The first-order valence-corrected chi connectivity index (χ1v) is 5.96. The van der Waals surface area contributed by atoms with Crippen LogP contribution in [0.4, 0.5) is 0 Å². The Morgan fingerprint density at radius 1 is 1.38 bits per heavy atom. The number of allylic oxidation sites excluding steroid dienone is 1. The van der Waals surface area contributed by atoms with E-state index in [0.717, 1.165) is 15.6 Å². The van der Waals surface area contributed by atoms with Gasteiger partial charge in [0.15, 0.2) is 0 Å². The lowest BCUT2D eigenvalue weighted by Gasteiger charge is -2.10. The van der Waals surface area contributed by atoms with Gasteiger partial charge in [0.1, 0.15) is 0 Å². The lowest BCUT2D eigenvalue weighted by Crippen LogP contribution is -2.02. The van der Waals surface area contributed by atoms with Crippen molar-refractivity contribution in [3.05, 3.63) is 46.0 Å². The number of carboxylic acid groups (broad SMARTS) is 1. The normalized spacial score (nSPS) is 11.9. The van der Waals surface area contributed by atoms with Crippen LogP contribution >= 0.6 is 15.9 Å². The van der Waals surface area contributed by atoms with Crippen molar-refractivity contribution in [1.82, 2.24) is 0 Å². The zero-order valence-electron chi connectivity index (χ0n) is 9.40. The predicted octanol–water partition coefficient (Wildman–Crippen LogP) is 3.66. The van der Waals surface area contributed by atoms with Crippen LogP contribution in [-0.2, 0) is 11.2 Å². The molecule has 0 spiro atoms. The van der Waals surface area contributed by atoms with E-state index >= 15 is 0 Å². The number of aliphatic carboxylic acids is 1. The topological polar surface area (TPSA) is 37.3 Å². The summed E-state index contributed by atoms with van der Waals surface area (Å²) in [4.78, 5) is 10.7. The third-order valence-electron chi connectivity index (χ3n) is 2.37. The lowest BCUT2D eigenvalue weighted by atomic mass is 9.95. The van der Waals surface area contributed by atoms with Crippen molar-refractivity contribution in [1.29, 1.82) is 0 Å². The first-order chi connectivity index (χ1) is 7.49. The molecule has 0 aliphatic rings. The van der Waals surface area contributed by atoms with Gasteiger partial charge in [-0.05, 0) is 30.0 Å². The zero-order chi connectivity index (χ0) is 12.1. The van der Waals surface area contributed by atoms with Gasteiger partial charge in [0, 0.05) is 10.5 Å². The van der Waals surface area contributed by atoms with Crippen LogP contribution in [0.15, 0.2) is 40.4 Å². The Morgan fingerprint density at radius 2 is 1.94 bits per heavy atom. The zero-order valence-corrected chi connectivity index (χ0v) is 11.0. The molecule has 0 aliphatic carbocycles. The SMILES string of the molecule is CC(C)/C(=C\C(=O)O)Cc1ccc(Br)cc1. The van der Waals surface area contributed by atoms with Crippen LogP contribution in [0.2, 0.25) is 0 Å². The molecular formula is C13H15BrO2. The van der Waals surface area contributed by atoms with Crippen molar-refractivity contribution in [3.63, 3.8) is 0 Å². The van der Waals surface area contributed by atoms with Gasteiger partial charge in [-0.15, -0.1) is 0 Å². The molecule has 0 amide bonds. The van der Waals surface area contributed by atoms with Crippen molar-refractivity contribution < 1.29 is 9.90 Å². The molecule has 0 radical (unpaired) electrons. The standard InChI is InChI=1S/C13H15BrO2/c1-9(2)11(8-13(15)16)7-10-3-5-12(14)6-4-10/h3-6,8-9H,7H2,1-2H3,(H,15,16)/b11-8-. The van der Waals surface area contributed by atoms with Gasteiger partial charge in [-0.25, -0.2) is 4.79 Å². The number of hydrogen-bond donors (Lipinski definition) is 1. The molecule has 0 unspecified atom stereocenters. The fourth-order valence-electron chi connectivity index (χ4n) is 1.42. The van der Waals surface area contributed by atoms with Crippen molar-refractivity contribution in [2.45, 2.75) is 20.3 Å². The number of carboxylic acids is 1. The molecule has 0 atom stereocenters. The van der Waals surface area contributed by atoms with Crippen molar-refractivity contribution in [2.24, 2.45) is 5.92 Å². The molecule has 0 saturated heterocycles. The summed E-state index contributed by atoms with van der Waals surface area (Å²) in [7, 11) is 0. The number of halogens is 1. The van der Waals surface area contributed by atoms with Crippen molar-refractivity contribution >= 4 is 21.9 Å². The summed E-state index contributed by atoms with van der Waals surface area (Å²) in [5.74, 6) is -0.624. The second-order valence-electron chi connectivity index (χ2n) is 4.02. The average molecular weight is 283 g/mol. The molecule has 1 N–H and O–H groups in total. The summed E-state index contributed by atoms with van der Waals surface area (Å²) in [5.41, 5.74) is 2.07. The van der Waals surface area contributed by atoms with E-state index in [9.17, 15) is 4.79 Å². The molecule has 0 aliphatic heterocycles. The third kappa shape index (κ3) is 4.19. The molecule has 1 aromatic carbocycles. The van der Waals surface area contributed by atoms with E-state index in [1.54, 1.807) is 0 Å².